The molecule has 2 aromatic rings. The predicted molar refractivity (Wildman–Crippen MR) is 72.7 cm³/mol. The van der Waals surface area contributed by atoms with E-state index >= 15 is 0 Å². The molecule has 2 nitrogen and oxygen atoms in total. The Labute approximate surface area is 118 Å². The Bertz CT molecular complexity index is 534. The minimum atomic E-state index is 0.383. The number of rotatable bonds is 3. The highest BCUT2D eigenvalue weighted by atomic mass is 79.9. The third-order valence-electron chi connectivity index (χ3n) is 2.09. The summed E-state index contributed by atoms with van der Waals surface area (Å²) in [5.41, 5.74) is 0.885. The van der Waals surface area contributed by atoms with Crippen LogP contribution in [-0.2, 0) is 6.61 Å². The Morgan fingerprint density at radius 2 is 2.00 bits per heavy atom. The molecule has 0 saturated carbocycles. The lowest BCUT2D eigenvalue weighted by Crippen LogP contribution is -1.96. The molecule has 2 rings (SSSR count). The summed E-state index contributed by atoms with van der Waals surface area (Å²) in [5, 5.41) is 1.21. The molecule has 0 spiro atoms. The topological polar surface area (TPSA) is 22.1 Å². The second kappa shape index (κ2) is 5.71. The summed E-state index contributed by atoms with van der Waals surface area (Å²) < 4.78 is 6.45. The van der Waals surface area contributed by atoms with Gasteiger partial charge in [-0.2, -0.15) is 0 Å². The number of hydrogen-bond donors (Lipinski definition) is 0. The molecule has 0 atom stereocenters. The average Bonchev–Trinajstić information content (AvgIpc) is 2.28. The number of nitrogens with zero attached hydrogens (tertiary/aromatic N) is 1. The first-order chi connectivity index (χ1) is 8.15. The van der Waals surface area contributed by atoms with Gasteiger partial charge in [0.15, 0.2) is 0 Å². The van der Waals surface area contributed by atoms with E-state index in [-0.39, 0.29) is 0 Å². The lowest BCUT2D eigenvalue weighted by atomic mass is 10.2. The number of ether oxygens (including phenoxy) is 1. The summed E-state index contributed by atoms with van der Waals surface area (Å²) in [6.07, 6.45) is 3.34. The summed E-state index contributed by atoms with van der Waals surface area (Å²) in [5.74, 6) is 0.686. The van der Waals surface area contributed by atoms with Gasteiger partial charge in [0.2, 0.25) is 0 Å². The first-order valence-electron chi connectivity index (χ1n) is 4.82. The van der Waals surface area contributed by atoms with Gasteiger partial charge in [-0.1, -0.05) is 29.3 Å². The molecule has 88 valence electrons. The van der Waals surface area contributed by atoms with Gasteiger partial charge in [-0.3, -0.25) is 4.98 Å². The van der Waals surface area contributed by atoms with Crippen LogP contribution < -0.4 is 4.74 Å². The molecule has 0 bridgehead atoms. The maximum atomic E-state index is 6.04. The second-order valence-electron chi connectivity index (χ2n) is 3.36. The Balaban J connectivity index is 2.07. The average molecular weight is 333 g/mol. The van der Waals surface area contributed by atoms with Crippen molar-refractivity contribution in [2.45, 2.75) is 6.61 Å². The molecule has 0 aliphatic carbocycles. The van der Waals surface area contributed by atoms with E-state index < -0.39 is 0 Å². The molecule has 0 unspecified atom stereocenters. The first-order valence-corrected chi connectivity index (χ1v) is 6.37. The van der Waals surface area contributed by atoms with Gasteiger partial charge in [0.1, 0.15) is 12.4 Å². The van der Waals surface area contributed by atoms with Crippen LogP contribution in [0.15, 0.2) is 41.1 Å². The molecular formula is C12H8BrCl2NO. The van der Waals surface area contributed by atoms with Crippen molar-refractivity contribution in [3.63, 3.8) is 0 Å². The van der Waals surface area contributed by atoms with Gasteiger partial charge in [0.05, 0.1) is 6.20 Å². The number of halogens is 3. The fourth-order valence-electron chi connectivity index (χ4n) is 1.27. The van der Waals surface area contributed by atoms with Gasteiger partial charge < -0.3 is 4.74 Å². The molecule has 17 heavy (non-hydrogen) atoms. The van der Waals surface area contributed by atoms with E-state index in [1.54, 1.807) is 24.5 Å². The van der Waals surface area contributed by atoms with E-state index in [1.165, 1.54) is 0 Å². The largest absolute Gasteiger partial charge is 0.487 e. The summed E-state index contributed by atoms with van der Waals surface area (Å²) in [6, 6.07) is 7.17. The quantitative estimate of drug-likeness (QED) is 0.810. The zero-order chi connectivity index (χ0) is 12.3. The third-order valence-corrected chi connectivity index (χ3v) is 3.11. The lowest BCUT2D eigenvalue weighted by molar-refractivity contribution is 0.305. The number of hydrogen-bond acceptors (Lipinski definition) is 2. The molecule has 1 aromatic carbocycles. The molecule has 1 heterocycles. The fraction of sp³-hybridized carbons (Fsp3) is 0.0833. The van der Waals surface area contributed by atoms with E-state index in [9.17, 15) is 0 Å². The minimum absolute atomic E-state index is 0.383. The smallest absolute Gasteiger partial charge is 0.139 e. The van der Waals surface area contributed by atoms with Crippen molar-refractivity contribution in [1.82, 2.24) is 4.98 Å². The van der Waals surface area contributed by atoms with Crippen LogP contribution in [0.25, 0.3) is 0 Å². The van der Waals surface area contributed by atoms with Crippen LogP contribution >= 0.6 is 39.1 Å². The Kier molecular flexibility index (Phi) is 4.26. The van der Waals surface area contributed by atoms with Crippen LogP contribution in [0.5, 0.6) is 5.75 Å². The SMILES string of the molecule is Clc1ccc(COc2cncc(Br)c2)c(Cl)c1. The molecule has 5 heteroatoms. The minimum Gasteiger partial charge on any atom is -0.487 e. The van der Waals surface area contributed by atoms with Gasteiger partial charge >= 0.3 is 0 Å². The molecule has 0 aliphatic rings. The van der Waals surface area contributed by atoms with Gasteiger partial charge in [-0.05, 0) is 34.1 Å². The van der Waals surface area contributed by atoms with Crippen molar-refractivity contribution in [2.24, 2.45) is 0 Å². The van der Waals surface area contributed by atoms with Crippen molar-refractivity contribution in [3.05, 3.63) is 56.7 Å². The van der Waals surface area contributed by atoms with E-state index in [1.807, 2.05) is 12.1 Å². The molecule has 0 aliphatic heterocycles. The predicted octanol–water partition coefficient (Wildman–Crippen LogP) is 4.73. The Morgan fingerprint density at radius 3 is 2.71 bits per heavy atom. The molecule has 0 N–H and O–H groups in total. The zero-order valence-electron chi connectivity index (χ0n) is 8.66. The molecule has 0 fully saturated rings. The van der Waals surface area contributed by atoms with Gasteiger partial charge in [-0.25, -0.2) is 0 Å². The van der Waals surface area contributed by atoms with E-state index in [0.29, 0.717) is 22.4 Å². The van der Waals surface area contributed by atoms with E-state index in [0.717, 1.165) is 10.0 Å². The maximum Gasteiger partial charge on any atom is 0.139 e. The normalized spacial score (nSPS) is 10.3. The van der Waals surface area contributed by atoms with Crippen molar-refractivity contribution < 1.29 is 4.74 Å². The van der Waals surface area contributed by atoms with Crippen molar-refractivity contribution in [1.29, 1.82) is 0 Å². The van der Waals surface area contributed by atoms with Crippen LogP contribution in [-0.4, -0.2) is 4.98 Å². The summed E-state index contributed by atoms with van der Waals surface area (Å²) >= 11 is 15.2. The van der Waals surface area contributed by atoms with Crippen LogP contribution in [0.2, 0.25) is 10.0 Å². The molecule has 0 saturated heterocycles. The zero-order valence-corrected chi connectivity index (χ0v) is 11.8. The Hall–Kier alpha value is -0.770. The molecule has 1 aromatic heterocycles. The maximum absolute atomic E-state index is 6.04. The number of aromatic nitrogens is 1. The monoisotopic (exact) mass is 331 g/mol. The Morgan fingerprint density at radius 1 is 1.18 bits per heavy atom. The third kappa shape index (κ3) is 3.60. The fourth-order valence-corrected chi connectivity index (χ4v) is 2.08. The first kappa shape index (κ1) is 12.7. The summed E-state index contributed by atoms with van der Waals surface area (Å²) in [6.45, 7) is 0.383. The highest BCUT2D eigenvalue weighted by Crippen LogP contribution is 2.23. The van der Waals surface area contributed by atoms with E-state index in [4.69, 9.17) is 27.9 Å². The van der Waals surface area contributed by atoms with Crippen LogP contribution in [0.3, 0.4) is 0 Å². The standard InChI is InChI=1S/C12H8BrCl2NO/c13-9-3-11(6-16-5-9)17-7-8-1-2-10(14)4-12(8)15/h1-6H,7H2. The highest BCUT2D eigenvalue weighted by Gasteiger charge is 2.03. The highest BCUT2D eigenvalue weighted by molar-refractivity contribution is 9.10. The van der Waals surface area contributed by atoms with Crippen molar-refractivity contribution in [3.8, 4) is 5.75 Å². The van der Waals surface area contributed by atoms with Gasteiger partial charge in [0, 0.05) is 26.3 Å². The van der Waals surface area contributed by atoms with Crippen LogP contribution in [0, 0.1) is 0 Å². The summed E-state index contributed by atoms with van der Waals surface area (Å²) in [4.78, 5) is 4.01. The van der Waals surface area contributed by atoms with Gasteiger partial charge in [0.25, 0.3) is 0 Å². The van der Waals surface area contributed by atoms with Crippen LogP contribution in [0.1, 0.15) is 5.56 Å². The second-order valence-corrected chi connectivity index (χ2v) is 5.12. The number of benzene rings is 1. The lowest BCUT2D eigenvalue weighted by Gasteiger charge is -2.07. The number of pyridine rings is 1. The van der Waals surface area contributed by atoms with Crippen LogP contribution in [0.4, 0.5) is 0 Å². The summed E-state index contributed by atoms with van der Waals surface area (Å²) in [7, 11) is 0. The molecule has 0 amide bonds. The molecule has 0 radical (unpaired) electrons. The van der Waals surface area contributed by atoms with E-state index in [2.05, 4.69) is 20.9 Å². The van der Waals surface area contributed by atoms with Crippen molar-refractivity contribution >= 4 is 39.1 Å². The molecular weight excluding hydrogens is 325 g/mol. The van der Waals surface area contributed by atoms with Gasteiger partial charge in [-0.15, -0.1) is 0 Å². The van der Waals surface area contributed by atoms with Crippen molar-refractivity contribution in [2.75, 3.05) is 0 Å².